The maximum Gasteiger partial charge on any atom is 0.119 e. The van der Waals surface area contributed by atoms with E-state index in [9.17, 15) is 5.11 Å². The Bertz CT molecular complexity index is 332. The smallest absolute Gasteiger partial charge is 0.119 e. The second-order valence-electron chi connectivity index (χ2n) is 3.58. The average Bonchev–Trinajstić information content (AvgIpc) is 2.28. The van der Waals surface area contributed by atoms with Crippen molar-refractivity contribution in [1.29, 1.82) is 0 Å². The highest BCUT2D eigenvalue weighted by atomic mass is 79.9. The van der Waals surface area contributed by atoms with E-state index in [1.165, 1.54) is 0 Å². The van der Waals surface area contributed by atoms with Crippen LogP contribution in [0, 0.1) is 0 Å². The van der Waals surface area contributed by atoms with Gasteiger partial charge in [-0.3, -0.25) is 0 Å². The van der Waals surface area contributed by atoms with E-state index in [0.29, 0.717) is 12.8 Å². The van der Waals surface area contributed by atoms with E-state index in [1.54, 1.807) is 7.11 Å². The molecule has 0 heterocycles. The number of halogens is 1. The van der Waals surface area contributed by atoms with E-state index in [4.69, 9.17) is 4.74 Å². The Kier molecular flexibility index (Phi) is 4.17. The third-order valence-electron chi connectivity index (χ3n) is 2.84. The van der Waals surface area contributed by atoms with E-state index in [-0.39, 0.29) is 0 Å². The Morgan fingerprint density at radius 1 is 1.33 bits per heavy atom. The summed E-state index contributed by atoms with van der Waals surface area (Å²) >= 11 is 3.46. The van der Waals surface area contributed by atoms with Crippen molar-refractivity contribution in [3.8, 4) is 5.75 Å². The molecule has 0 radical (unpaired) electrons. The van der Waals surface area contributed by atoms with Crippen molar-refractivity contribution in [3.05, 3.63) is 28.2 Å². The zero-order valence-corrected chi connectivity index (χ0v) is 11.0. The number of rotatable bonds is 4. The fourth-order valence-electron chi connectivity index (χ4n) is 1.62. The molecule has 1 aromatic rings. The lowest BCUT2D eigenvalue weighted by atomic mass is 9.88. The summed E-state index contributed by atoms with van der Waals surface area (Å²) in [6.07, 6.45) is 1.38. The van der Waals surface area contributed by atoms with Gasteiger partial charge < -0.3 is 9.84 Å². The van der Waals surface area contributed by atoms with Crippen LogP contribution in [0.1, 0.15) is 32.3 Å². The lowest BCUT2D eigenvalue weighted by Crippen LogP contribution is -2.24. The fraction of sp³-hybridized carbons (Fsp3) is 0.500. The van der Waals surface area contributed by atoms with Crippen molar-refractivity contribution in [2.75, 3.05) is 7.11 Å². The molecule has 0 spiro atoms. The van der Waals surface area contributed by atoms with Crippen LogP contribution in [0.2, 0.25) is 0 Å². The summed E-state index contributed by atoms with van der Waals surface area (Å²) in [5.41, 5.74) is 0.125. The van der Waals surface area contributed by atoms with Gasteiger partial charge in [0.25, 0.3) is 0 Å². The molecule has 1 N–H and O–H groups in total. The predicted octanol–water partition coefficient (Wildman–Crippen LogP) is 3.47. The molecule has 0 saturated heterocycles. The molecule has 1 aromatic carbocycles. The molecule has 0 aliphatic heterocycles. The van der Waals surface area contributed by atoms with Crippen LogP contribution in [0.25, 0.3) is 0 Å². The van der Waals surface area contributed by atoms with Gasteiger partial charge in [-0.25, -0.2) is 0 Å². The van der Waals surface area contributed by atoms with Crippen LogP contribution in [-0.2, 0) is 5.60 Å². The van der Waals surface area contributed by atoms with Crippen molar-refractivity contribution in [3.63, 3.8) is 0 Å². The zero-order valence-electron chi connectivity index (χ0n) is 9.38. The van der Waals surface area contributed by atoms with Gasteiger partial charge in [0.15, 0.2) is 0 Å². The first-order chi connectivity index (χ1) is 7.07. The topological polar surface area (TPSA) is 29.5 Å². The standard InChI is InChI=1S/C12H17BrO2/c1-4-12(14,5-2)10-8-9(15-3)6-7-11(10)13/h6-8,14H,4-5H2,1-3H3. The van der Waals surface area contributed by atoms with Crippen molar-refractivity contribution in [2.24, 2.45) is 0 Å². The van der Waals surface area contributed by atoms with E-state index < -0.39 is 5.60 Å². The highest BCUT2D eigenvalue weighted by Crippen LogP contribution is 2.35. The first-order valence-corrected chi connectivity index (χ1v) is 5.93. The van der Waals surface area contributed by atoms with Crippen LogP contribution >= 0.6 is 15.9 Å². The van der Waals surface area contributed by atoms with Gasteiger partial charge >= 0.3 is 0 Å². The molecule has 84 valence electrons. The fourth-order valence-corrected chi connectivity index (χ4v) is 2.23. The molecule has 0 atom stereocenters. The normalized spacial score (nSPS) is 11.5. The van der Waals surface area contributed by atoms with E-state index in [0.717, 1.165) is 15.8 Å². The van der Waals surface area contributed by atoms with Crippen molar-refractivity contribution in [1.82, 2.24) is 0 Å². The molecule has 0 aromatic heterocycles. The Hall–Kier alpha value is -0.540. The summed E-state index contributed by atoms with van der Waals surface area (Å²) < 4.78 is 6.09. The van der Waals surface area contributed by atoms with Gasteiger partial charge in [-0.2, -0.15) is 0 Å². The van der Waals surface area contributed by atoms with Gasteiger partial charge in [-0.05, 0) is 31.0 Å². The Morgan fingerprint density at radius 2 is 1.93 bits per heavy atom. The second kappa shape index (κ2) is 4.99. The van der Waals surface area contributed by atoms with Crippen molar-refractivity contribution in [2.45, 2.75) is 32.3 Å². The molecule has 1 rings (SSSR count). The summed E-state index contributed by atoms with van der Waals surface area (Å²) in [6.45, 7) is 3.96. The predicted molar refractivity (Wildman–Crippen MR) is 65.2 cm³/mol. The monoisotopic (exact) mass is 272 g/mol. The second-order valence-corrected chi connectivity index (χ2v) is 4.44. The number of methoxy groups -OCH3 is 1. The maximum atomic E-state index is 10.4. The van der Waals surface area contributed by atoms with Crippen molar-refractivity contribution >= 4 is 15.9 Å². The quantitative estimate of drug-likeness (QED) is 0.910. The molecule has 0 amide bonds. The molecule has 15 heavy (non-hydrogen) atoms. The minimum absolute atomic E-state index is 0.690. The van der Waals surface area contributed by atoms with Gasteiger partial charge in [0.05, 0.1) is 12.7 Å². The average molecular weight is 273 g/mol. The van der Waals surface area contributed by atoms with Crippen molar-refractivity contribution < 1.29 is 9.84 Å². The van der Waals surface area contributed by atoms with Crippen LogP contribution in [-0.4, -0.2) is 12.2 Å². The first kappa shape index (κ1) is 12.5. The molecular formula is C12H17BrO2. The minimum Gasteiger partial charge on any atom is -0.497 e. The number of ether oxygens (including phenoxy) is 1. The lowest BCUT2D eigenvalue weighted by molar-refractivity contribution is 0.0274. The summed E-state index contributed by atoms with van der Waals surface area (Å²) in [7, 11) is 1.63. The van der Waals surface area contributed by atoms with E-state index >= 15 is 0 Å². The minimum atomic E-state index is -0.770. The number of benzene rings is 1. The first-order valence-electron chi connectivity index (χ1n) is 5.13. The summed E-state index contributed by atoms with van der Waals surface area (Å²) in [4.78, 5) is 0. The van der Waals surface area contributed by atoms with Gasteiger partial charge in [0, 0.05) is 10.0 Å². The number of aliphatic hydroxyl groups is 1. The summed E-state index contributed by atoms with van der Waals surface area (Å²) in [5.74, 6) is 0.772. The van der Waals surface area contributed by atoms with Crippen LogP contribution in [0.5, 0.6) is 5.75 Å². The Balaban J connectivity index is 3.21. The maximum absolute atomic E-state index is 10.4. The molecule has 3 heteroatoms. The highest BCUT2D eigenvalue weighted by Gasteiger charge is 2.27. The lowest BCUT2D eigenvalue weighted by Gasteiger charge is -2.27. The molecular weight excluding hydrogens is 256 g/mol. The van der Waals surface area contributed by atoms with Gasteiger partial charge in [-0.1, -0.05) is 29.8 Å². The molecule has 0 saturated carbocycles. The highest BCUT2D eigenvalue weighted by molar-refractivity contribution is 9.10. The third kappa shape index (κ3) is 2.52. The van der Waals surface area contributed by atoms with Crippen LogP contribution in [0.4, 0.5) is 0 Å². The molecule has 0 bridgehead atoms. The van der Waals surface area contributed by atoms with Crippen LogP contribution in [0.15, 0.2) is 22.7 Å². The molecule has 2 nitrogen and oxygen atoms in total. The van der Waals surface area contributed by atoms with Crippen LogP contribution < -0.4 is 4.74 Å². The molecule has 0 aliphatic carbocycles. The van der Waals surface area contributed by atoms with Gasteiger partial charge in [0.1, 0.15) is 5.75 Å². The van der Waals surface area contributed by atoms with E-state index in [2.05, 4.69) is 15.9 Å². The molecule has 0 fully saturated rings. The number of hydrogen-bond donors (Lipinski definition) is 1. The summed E-state index contributed by atoms with van der Waals surface area (Å²) in [5, 5.41) is 10.4. The number of hydrogen-bond acceptors (Lipinski definition) is 2. The third-order valence-corrected chi connectivity index (χ3v) is 3.54. The molecule has 0 unspecified atom stereocenters. The Morgan fingerprint density at radius 3 is 2.40 bits per heavy atom. The van der Waals surface area contributed by atoms with Gasteiger partial charge in [-0.15, -0.1) is 0 Å². The van der Waals surface area contributed by atoms with E-state index in [1.807, 2.05) is 32.0 Å². The zero-order chi connectivity index (χ0) is 11.5. The summed E-state index contributed by atoms with van der Waals surface area (Å²) in [6, 6.07) is 5.67. The SMILES string of the molecule is CCC(O)(CC)c1cc(OC)ccc1Br. The Labute approximate surface area is 99.4 Å². The largest absolute Gasteiger partial charge is 0.497 e. The van der Waals surface area contributed by atoms with Gasteiger partial charge in [0.2, 0.25) is 0 Å². The molecule has 0 aliphatic rings. The van der Waals surface area contributed by atoms with Crippen LogP contribution in [0.3, 0.4) is 0 Å².